The van der Waals surface area contributed by atoms with Crippen molar-refractivity contribution in [3.05, 3.63) is 47.8 Å². The molecule has 3 rings (SSSR count). The lowest BCUT2D eigenvalue weighted by molar-refractivity contribution is -0.134. The Hall–Kier alpha value is -2.34. The van der Waals surface area contributed by atoms with Crippen molar-refractivity contribution < 1.29 is 14.6 Å². The number of nitrogens with zero attached hydrogens (tertiary/aromatic N) is 3. The molecular weight excluding hydrogens is 282 g/mol. The summed E-state index contributed by atoms with van der Waals surface area (Å²) in [5.74, 6) is 0.700. The largest absolute Gasteiger partial charge is 0.491 e. The van der Waals surface area contributed by atoms with Gasteiger partial charge in [0.2, 0.25) is 5.91 Å². The number of fused-ring (bicyclic) bond motifs is 1. The van der Waals surface area contributed by atoms with Crippen LogP contribution in [0.2, 0.25) is 0 Å². The molecule has 1 aromatic carbocycles. The van der Waals surface area contributed by atoms with E-state index in [1.54, 1.807) is 15.8 Å². The number of hydrogen-bond acceptors (Lipinski definition) is 4. The lowest BCUT2D eigenvalue weighted by Gasteiger charge is -2.28. The molecule has 2 heterocycles. The summed E-state index contributed by atoms with van der Waals surface area (Å²) >= 11 is 0. The molecule has 6 heteroatoms. The van der Waals surface area contributed by atoms with Gasteiger partial charge in [-0.15, -0.1) is 0 Å². The summed E-state index contributed by atoms with van der Waals surface area (Å²) in [6.45, 7) is 0.754. The second kappa shape index (κ2) is 6.19. The highest BCUT2D eigenvalue weighted by molar-refractivity contribution is 5.79. The van der Waals surface area contributed by atoms with E-state index in [0.717, 1.165) is 16.9 Å². The molecule has 1 aliphatic heterocycles. The molecule has 1 unspecified atom stereocenters. The van der Waals surface area contributed by atoms with Crippen molar-refractivity contribution in [3.8, 4) is 5.75 Å². The average Bonchev–Trinajstić information content (AvgIpc) is 2.83. The summed E-state index contributed by atoms with van der Waals surface area (Å²) in [7, 11) is 1.82. The number of para-hydroxylation sites is 1. The van der Waals surface area contributed by atoms with Crippen molar-refractivity contribution in [1.29, 1.82) is 0 Å². The summed E-state index contributed by atoms with van der Waals surface area (Å²) < 4.78 is 7.37. The highest BCUT2D eigenvalue weighted by atomic mass is 16.5. The number of carbonyl (C=O) groups is 1. The SMILES string of the molecule is Cn1cc(CC(=O)N2CCOc3ccccc3C2CO)cn1. The standard InChI is InChI=1S/C16H19N3O3/c1-18-10-12(9-17-18)8-16(21)19-6-7-22-15-5-3-2-4-13(15)14(19)11-20/h2-5,9-10,14,20H,6-8,11H2,1H3. The van der Waals surface area contributed by atoms with Crippen LogP contribution in [0.1, 0.15) is 17.2 Å². The lowest BCUT2D eigenvalue weighted by atomic mass is 10.0. The first-order chi connectivity index (χ1) is 10.7. The van der Waals surface area contributed by atoms with Crippen LogP contribution in [-0.2, 0) is 18.3 Å². The number of ether oxygens (including phenoxy) is 1. The van der Waals surface area contributed by atoms with E-state index in [1.165, 1.54) is 0 Å². The molecule has 0 saturated heterocycles. The predicted octanol–water partition coefficient (Wildman–Crippen LogP) is 0.917. The Bertz CT molecular complexity index is 668. The third kappa shape index (κ3) is 2.82. The molecule has 1 aliphatic rings. The maximum Gasteiger partial charge on any atom is 0.227 e. The highest BCUT2D eigenvalue weighted by Crippen LogP contribution is 2.31. The van der Waals surface area contributed by atoms with E-state index in [9.17, 15) is 9.90 Å². The van der Waals surface area contributed by atoms with E-state index in [4.69, 9.17) is 4.74 Å². The van der Waals surface area contributed by atoms with Gasteiger partial charge in [-0.3, -0.25) is 9.48 Å². The molecule has 0 fully saturated rings. The quantitative estimate of drug-likeness (QED) is 0.915. The van der Waals surface area contributed by atoms with Gasteiger partial charge in [-0.25, -0.2) is 0 Å². The van der Waals surface area contributed by atoms with Crippen molar-refractivity contribution in [2.24, 2.45) is 7.05 Å². The van der Waals surface area contributed by atoms with Gasteiger partial charge < -0.3 is 14.7 Å². The molecule has 0 aliphatic carbocycles. The van der Waals surface area contributed by atoms with Crippen molar-refractivity contribution >= 4 is 5.91 Å². The summed E-state index contributed by atoms with van der Waals surface area (Å²) in [4.78, 5) is 14.3. The van der Waals surface area contributed by atoms with Gasteiger partial charge in [0.1, 0.15) is 12.4 Å². The van der Waals surface area contributed by atoms with Gasteiger partial charge in [0.15, 0.2) is 0 Å². The lowest BCUT2D eigenvalue weighted by Crippen LogP contribution is -2.38. The first kappa shape index (κ1) is 14.6. The van der Waals surface area contributed by atoms with Crippen molar-refractivity contribution in [2.75, 3.05) is 19.8 Å². The molecule has 2 aromatic rings. The van der Waals surface area contributed by atoms with Crippen LogP contribution < -0.4 is 4.74 Å². The fraction of sp³-hybridized carbons (Fsp3) is 0.375. The number of rotatable bonds is 3. The minimum absolute atomic E-state index is 0.0349. The number of aliphatic hydroxyl groups is 1. The van der Waals surface area contributed by atoms with Crippen LogP contribution in [0.15, 0.2) is 36.7 Å². The fourth-order valence-electron chi connectivity index (χ4n) is 2.80. The van der Waals surface area contributed by atoms with Crippen LogP contribution >= 0.6 is 0 Å². The zero-order chi connectivity index (χ0) is 15.5. The monoisotopic (exact) mass is 301 g/mol. The normalized spacial score (nSPS) is 17.5. The average molecular weight is 301 g/mol. The van der Waals surface area contributed by atoms with Gasteiger partial charge in [0.05, 0.1) is 31.8 Å². The third-order valence-corrected chi connectivity index (χ3v) is 3.85. The van der Waals surface area contributed by atoms with Crippen molar-refractivity contribution in [1.82, 2.24) is 14.7 Å². The first-order valence-electron chi connectivity index (χ1n) is 7.28. The molecule has 0 saturated carbocycles. The fourth-order valence-corrected chi connectivity index (χ4v) is 2.80. The van der Waals surface area contributed by atoms with Gasteiger partial charge in [-0.05, 0) is 11.6 Å². The Labute approximate surface area is 128 Å². The molecule has 0 spiro atoms. The predicted molar refractivity (Wildman–Crippen MR) is 80.4 cm³/mol. The van der Waals surface area contributed by atoms with Crippen LogP contribution in [0.5, 0.6) is 5.75 Å². The third-order valence-electron chi connectivity index (χ3n) is 3.85. The first-order valence-corrected chi connectivity index (χ1v) is 7.28. The molecule has 0 radical (unpaired) electrons. The Balaban J connectivity index is 1.84. The van der Waals surface area contributed by atoms with Gasteiger partial charge in [0.25, 0.3) is 0 Å². The number of aryl methyl sites for hydroxylation is 1. The molecule has 1 amide bonds. The number of amides is 1. The molecule has 6 nitrogen and oxygen atoms in total. The number of benzene rings is 1. The molecule has 1 N–H and O–H groups in total. The van der Waals surface area contributed by atoms with Crippen molar-refractivity contribution in [2.45, 2.75) is 12.5 Å². The van der Waals surface area contributed by atoms with Crippen LogP contribution in [0.25, 0.3) is 0 Å². The van der Waals surface area contributed by atoms with Crippen molar-refractivity contribution in [3.63, 3.8) is 0 Å². The maximum atomic E-state index is 12.6. The van der Waals surface area contributed by atoms with Gasteiger partial charge >= 0.3 is 0 Å². The summed E-state index contributed by atoms with van der Waals surface area (Å²) in [6, 6.07) is 7.17. The van der Waals surface area contributed by atoms with E-state index in [0.29, 0.717) is 13.2 Å². The Morgan fingerprint density at radius 1 is 1.45 bits per heavy atom. The number of aliphatic hydroxyl groups excluding tert-OH is 1. The van der Waals surface area contributed by atoms with Gasteiger partial charge in [-0.2, -0.15) is 5.10 Å². The zero-order valence-electron chi connectivity index (χ0n) is 12.5. The molecule has 1 atom stereocenters. The highest BCUT2D eigenvalue weighted by Gasteiger charge is 2.29. The molecular formula is C16H19N3O3. The summed E-state index contributed by atoms with van der Waals surface area (Å²) in [5.41, 5.74) is 1.71. The molecule has 1 aromatic heterocycles. The summed E-state index contributed by atoms with van der Waals surface area (Å²) in [6.07, 6.45) is 3.79. The Kier molecular flexibility index (Phi) is 4.11. The van der Waals surface area contributed by atoms with Crippen LogP contribution in [0.4, 0.5) is 0 Å². The van der Waals surface area contributed by atoms with E-state index in [2.05, 4.69) is 5.10 Å². The van der Waals surface area contributed by atoms with Gasteiger partial charge in [0, 0.05) is 18.8 Å². The smallest absolute Gasteiger partial charge is 0.227 e. The zero-order valence-corrected chi connectivity index (χ0v) is 12.5. The van der Waals surface area contributed by atoms with E-state index in [1.807, 2.05) is 37.5 Å². The van der Waals surface area contributed by atoms with E-state index < -0.39 is 0 Å². The summed E-state index contributed by atoms with van der Waals surface area (Å²) in [5, 5.41) is 13.9. The van der Waals surface area contributed by atoms with Crippen LogP contribution in [0, 0.1) is 0 Å². The Morgan fingerprint density at radius 3 is 3.00 bits per heavy atom. The minimum Gasteiger partial charge on any atom is -0.491 e. The topological polar surface area (TPSA) is 67.6 Å². The maximum absolute atomic E-state index is 12.6. The van der Waals surface area contributed by atoms with Crippen LogP contribution in [0.3, 0.4) is 0 Å². The van der Waals surface area contributed by atoms with E-state index >= 15 is 0 Å². The van der Waals surface area contributed by atoms with Gasteiger partial charge in [-0.1, -0.05) is 18.2 Å². The molecule has 0 bridgehead atoms. The number of carbonyl (C=O) groups excluding carboxylic acids is 1. The van der Waals surface area contributed by atoms with E-state index in [-0.39, 0.29) is 25.0 Å². The molecule has 116 valence electrons. The number of aromatic nitrogens is 2. The Morgan fingerprint density at radius 2 is 2.27 bits per heavy atom. The second-order valence-electron chi connectivity index (χ2n) is 5.37. The second-order valence-corrected chi connectivity index (χ2v) is 5.37. The minimum atomic E-state index is -0.372. The number of hydrogen-bond donors (Lipinski definition) is 1. The van der Waals surface area contributed by atoms with Crippen LogP contribution in [-0.4, -0.2) is 45.5 Å². The molecule has 22 heavy (non-hydrogen) atoms.